The van der Waals surface area contributed by atoms with E-state index in [1.54, 1.807) is 36.4 Å². The van der Waals surface area contributed by atoms with Gasteiger partial charge in [0.1, 0.15) is 23.3 Å². The highest BCUT2D eigenvalue weighted by molar-refractivity contribution is 6.46. The predicted octanol–water partition coefficient (Wildman–Crippen LogP) is 3.05. The van der Waals surface area contributed by atoms with Gasteiger partial charge in [0, 0.05) is 18.7 Å². The third-order valence-corrected chi connectivity index (χ3v) is 4.64. The Bertz CT molecular complexity index is 898. The molecule has 0 radical (unpaired) electrons. The number of carbonyl (C=O) groups excluding carboxylic acids is 2. The zero-order valence-electron chi connectivity index (χ0n) is 17.1. The summed E-state index contributed by atoms with van der Waals surface area (Å²) in [5.74, 6) is -0.497. The van der Waals surface area contributed by atoms with Gasteiger partial charge >= 0.3 is 0 Å². The molecule has 2 heterocycles. The minimum Gasteiger partial charge on any atom is -0.507 e. The molecule has 1 aromatic heterocycles. The van der Waals surface area contributed by atoms with Crippen molar-refractivity contribution in [3.63, 3.8) is 0 Å². The van der Waals surface area contributed by atoms with Crippen LogP contribution in [0.5, 0.6) is 5.75 Å². The van der Waals surface area contributed by atoms with Crippen molar-refractivity contribution in [3.8, 4) is 5.75 Å². The van der Waals surface area contributed by atoms with Gasteiger partial charge in [0.15, 0.2) is 0 Å². The van der Waals surface area contributed by atoms with E-state index in [1.165, 1.54) is 11.2 Å². The molecule has 1 aliphatic rings. The highest BCUT2D eigenvalue weighted by Crippen LogP contribution is 2.39. The van der Waals surface area contributed by atoms with Crippen molar-refractivity contribution in [2.75, 3.05) is 27.2 Å². The van der Waals surface area contributed by atoms with E-state index in [9.17, 15) is 14.7 Å². The fourth-order valence-corrected chi connectivity index (χ4v) is 3.28. The van der Waals surface area contributed by atoms with Crippen LogP contribution < -0.4 is 4.74 Å². The molecule has 0 aliphatic carbocycles. The Labute approximate surface area is 170 Å². The number of likely N-dealkylation sites (N-methyl/N-ethyl adjacent to an activating group) is 1. The van der Waals surface area contributed by atoms with Crippen molar-refractivity contribution in [2.45, 2.75) is 26.0 Å². The van der Waals surface area contributed by atoms with Gasteiger partial charge in [0.05, 0.1) is 17.9 Å². The first-order valence-electron chi connectivity index (χ1n) is 9.53. The third kappa shape index (κ3) is 4.35. The van der Waals surface area contributed by atoms with Crippen LogP contribution in [-0.4, -0.2) is 59.9 Å². The van der Waals surface area contributed by atoms with E-state index < -0.39 is 17.7 Å². The summed E-state index contributed by atoms with van der Waals surface area (Å²) < 4.78 is 11.1. The van der Waals surface area contributed by atoms with Crippen LogP contribution in [0.25, 0.3) is 5.76 Å². The van der Waals surface area contributed by atoms with Crippen LogP contribution >= 0.6 is 0 Å². The second-order valence-electron chi connectivity index (χ2n) is 7.50. The number of Topliss-reactive ketones (excluding diaryl/α,β-unsaturated/α-hetero) is 1. The molecule has 0 unspecified atom stereocenters. The molecule has 7 nitrogen and oxygen atoms in total. The quantitative estimate of drug-likeness (QED) is 0.438. The third-order valence-electron chi connectivity index (χ3n) is 4.64. The van der Waals surface area contributed by atoms with Gasteiger partial charge in [0.25, 0.3) is 11.7 Å². The second kappa shape index (κ2) is 8.53. The molecule has 0 saturated carbocycles. The van der Waals surface area contributed by atoms with Crippen LogP contribution in [0.3, 0.4) is 0 Å². The van der Waals surface area contributed by atoms with Gasteiger partial charge in [-0.3, -0.25) is 9.59 Å². The first-order valence-corrected chi connectivity index (χ1v) is 9.53. The number of rotatable bonds is 7. The van der Waals surface area contributed by atoms with E-state index in [-0.39, 0.29) is 17.4 Å². The number of nitrogens with zero attached hydrogens (tertiary/aromatic N) is 2. The Hall–Kier alpha value is -3.06. The van der Waals surface area contributed by atoms with E-state index in [2.05, 4.69) is 0 Å². The van der Waals surface area contributed by atoms with Gasteiger partial charge in [-0.15, -0.1) is 0 Å². The number of likely N-dealkylation sites (tertiary alicyclic amines) is 1. The van der Waals surface area contributed by atoms with Crippen LogP contribution in [0.1, 0.15) is 31.2 Å². The minimum atomic E-state index is -0.767. The summed E-state index contributed by atoms with van der Waals surface area (Å²) in [6.45, 7) is 4.76. The molecule has 1 aromatic carbocycles. The number of ether oxygens (including phenoxy) is 1. The van der Waals surface area contributed by atoms with Crippen LogP contribution in [-0.2, 0) is 9.59 Å². The average molecular weight is 398 g/mol. The van der Waals surface area contributed by atoms with Gasteiger partial charge in [0.2, 0.25) is 0 Å². The molecule has 7 heteroatoms. The molecule has 0 spiro atoms. The Morgan fingerprint density at radius 1 is 1.21 bits per heavy atom. The lowest BCUT2D eigenvalue weighted by atomic mass is 9.99. The van der Waals surface area contributed by atoms with Crippen molar-refractivity contribution in [3.05, 3.63) is 59.6 Å². The highest BCUT2D eigenvalue weighted by Gasteiger charge is 2.47. The van der Waals surface area contributed by atoms with Gasteiger partial charge in [-0.2, -0.15) is 0 Å². The van der Waals surface area contributed by atoms with Crippen molar-refractivity contribution in [1.82, 2.24) is 9.80 Å². The van der Waals surface area contributed by atoms with E-state index in [0.29, 0.717) is 30.2 Å². The van der Waals surface area contributed by atoms with Crippen LogP contribution in [0.2, 0.25) is 0 Å². The molecule has 2 aromatic rings. The highest BCUT2D eigenvalue weighted by atomic mass is 16.5. The van der Waals surface area contributed by atoms with Gasteiger partial charge in [-0.25, -0.2) is 0 Å². The Morgan fingerprint density at radius 2 is 1.90 bits per heavy atom. The molecule has 1 saturated heterocycles. The number of aliphatic hydroxyl groups is 1. The van der Waals surface area contributed by atoms with Crippen molar-refractivity contribution >= 4 is 17.4 Å². The summed E-state index contributed by atoms with van der Waals surface area (Å²) in [7, 11) is 3.78. The number of benzene rings is 1. The monoisotopic (exact) mass is 398 g/mol. The van der Waals surface area contributed by atoms with Crippen LogP contribution in [0, 0.1) is 0 Å². The largest absolute Gasteiger partial charge is 0.507 e. The summed E-state index contributed by atoms with van der Waals surface area (Å²) in [6.07, 6.45) is 1.51. The van der Waals surface area contributed by atoms with Crippen molar-refractivity contribution in [1.29, 1.82) is 0 Å². The Morgan fingerprint density at radius 3 is 2.45 bits per heavy atom. The molecule has 3 rings (SSSR count). The number of aliphatic hydroxyl groups excluding tert-OH is 1. The Balaban J connectivity index is 2.02. The van der Waals surface area contributed by atoms with E-state index in [4.69, 9.17) is 9.15 Å². The normalized spacial score (nSPS) is 18.8. The number of hydrogen-bond acceptors (Lipinski definition) is 6. The molecule has 1 aliphatic heterocycles. The lowest BCUT2D eigenvalue weighted by molar-refractivity contribution is -0.140. The lowest BCUT2D eigenvalue weighted by Gasteiger charge is -2.24. The Kier molecular flexibility index (Phi) is 6.08. The fraction of sp³-hybridized carbons (Fsp3) is 0.364. The second-order valence-corrected chi connectivity index (χ2v) is 7.50. The smallest absolute Gasteiger partial charge is 0.295 e. The molecular formula is C22H26N2O5. The SMILES string of the molecule is CC(C)Oc1ccc(/C(O)=C2\C(=O)C(=O)N(CCN(C)C)[C@@H]2c2ccco2)cc1. The zero-order chi connectivity index (χ0) is 21.1. The maximum absolute atomic E-state index is 12.8. The van der Waals surface area contributed by atoms with Gasteiger partial charge in [-0.1, -0.05) is 0 Å². The molecule has 154 valence electrons. The van der Waals surface area contributed by atoms with Crippen molar-refractivity contribution in [2.24, 2.45) is 0 Å². The van der Waals surface area contributed by atoms with Crippen LogP contribution in [0.4, 0.5) is 0 Å². The van der Waals surface area contributed by atoms with Crippen molar-refractivity contribution < 1.29 is 23.8 Å². The number of furan rings is 1. The van der Waals surface area contributed by atoms with Crippen LogP contribution in [0.15, 0.2) is 52.7 Å². The standard InChI is InChI=1S/C22H26N2O5/c1-14(2)29-16-9-7-15(8-10-16)20(25)18-19(17-6-5-13-28-17)24(12-11-23(3)4)22(27)21(18)26/h5-10,13-14,19,25H,11-12H2,1-4H3/b20-18+/t19-/m1/s1. The number of hydrogen-bond donors (Lipinski definition) is 1. The number of amides is 1. The van der Waals surface area contributed by atoms with Gasteiger partial charge in [-0.05, 0) is 64.3 Å². The lowest BCUT2D eigenvalue weighted by Crippen LogP contribution is -2.35. The van der Waals surface area contributed by atoms with E-state index in [0.717, 1.165) is 0 Å². The molecule has 1 fully saturated rings. The predicted molar refractivity (Wildman–Crippen MR) is 108 cm³/mol. The first-order chi connectivity index (χ1) is 13.8. The first kappa shape index (κ1) is 20.7. The molecular weight excluding hydrogens is 372 g/mol. The van der Waals surface area contributed by atoms with E-state index in [1.807, 2.05) is 32.8 Å². The maximum atomic E-state index is 12.8. The molecule has 29 heavy (non-hydrogen) atoms. The molecule has 1 amide bonds. The number of ketones is 1. The van der Waals surface area contributed by atoms with Gasteiger partial charge < -0.3 is 24.1 Å². The zero-order valence-corrected chi connectivity index (χ0v) is 17.1. The molecule has 1 N–H and O–H groups in total. The summed E-state index contributed by atoms with van der Waals surface area (Å²) in [5, 5.41) is 10.9. The fourth-order valence-electron chi connectivity index (χ4n) is 3.28. The average Bonchev–Trinajstić information content (AvgIpc) is 3.27. The number of carbonyl (C=O) groups is 2. The molecule has 0 bridgehead atoms. The molecule has 1 atom stereocenters. The summed E-state index contributed by atoms with van der Waals surface area (Å²) >= 11 is 0. The summed E-state index contributed by atoms with van der Waals surface area (Å²) in [4.78, 5) is 28.9. The van der Waals surface area contributed by atoms with E-state index >= 15 is 0 Å². The summed E-state index contributed by atoms with van der Waals surface area (Å²) in [6, 6.07) is 9.40. The topological polar surface area (TPSA) is 83.2 Å². The minimum absolute atomic E-state index is 0.0235. The maximum Gasteiger partial charge on any atom is 0.295 e. The summed E-state index contributed by atoms with van der Waals surface area (Å²) in [5.41, 5.74) is 0.463.